The number of nitrogens with zero attached hydrogens (tertiary/aromatic N) is 1. The van der Waals surface area contributed by atoms with Crippen LogP contribution in [0.25, 0.3) is 0 Å². The van der Waals surface area contributed by atoms with Crippen LogP contribution in [0.4, 0.5) is 0 Å². The molecule has 1 aromatic carbocycles. The molecule has 2 rings (SSSR count). The van der Waals surface area contributed by atoms with Gasteiger partial charge in [-0.3, -0.25) is 4.79 Å². The second-order valence-corrected chi connectivity index (χ2v) is 6.27. The maximum atomic E-state index is 11.7. The molecule has 0 radical (unpaired) electrons. The Morgan fingerprint density at radius 1 is 1.42 bits per heavy atom. The lowest BCUT2D eigenvalue weighted by Crippen LogP contribution is -2.39. The predicted molar refractivity (Wildman–Crippen MR) is 77.0 cm³/mol. The van der Waals surface area contributed by atoms with E-state index in [4.69, 9.17) is 10.4 Å². The lowest BCUT2D eigenvalue weighted by atomic mass is 10.2. The number of rotatable bonds is 4. The molecule has 98 valence electrons. The van der Waals surface area contributed by atoms with Gasteiger partial charge in [0.1, 0.15) is 17.0 Å². The molecular weight excluding hydrogens is 280 g/mol. The number of thioether (sulfide) groups is 2. The lowest BCUT2D eigenvalue weighted by Gasteiger charge is -2.23. The van der Waals surface area contributed by atoms with Crippen molar-refractivity contribution in [3.05, 3.63) is 45.7 Å². The number of aliphatic hydroxyl groups is 1. The van der Waals surface area contributed by atoms with Crippen molar-refractivity contribution < 1.29 is 9.90 Å². The van der Waals surface area contributed by atoms with Gasteiger partial charge in [-0.25, -0.2) is 0 Å². The van der Waals surface area contributed by atoms with Crippen molar-refractivity contribution in [2.24, 2.45) is 0 Å². The topological polar surface area (TPSA) is 73.1 Å². The highest BCUT2D eigenvalue weighted by Gasteiger charge is 2.27. The molecule has 0 aliphatic carbocycles. The van der Waals surface area contributed by atoms with Gasteiger partial charge in [-0.1, -0.05) is 42.1 Å². The quantitative estimate of drug-likeness (QED) is 0.886. The van der Waals surface area contributed by atoms with Gasteiger partial charge < -0.3 is 10.4 Å². The summed E-state index contributed by atoms with van der Waals surface area (Å²) < 4.78 is 0.675. The first kappa shape index (κ1) is 14.0. The van der Waals surface area contributed by atoms with Crippen LogP contribution in [0.3, 0.4) is 0 Å². The smallest absolute Gasteiger partial charge is 0.264 e. The summed E-state index contributed by atoms with van der Waals surface area (Å²) in [4.78, 5) is 11.7. The molecule has 0 spiro atoms. The Kier molecular flexibility index (Phi) is 4.91. The van der Waals surface area contributed by atoms with E-state index in [9.17, 15) is 4.79 Å². The Morgan fingerprint density at radius 3 is 2.79 bits per heavy atom. The van der Waals surface area contributed by atoms with Gasteiger partial charge >= 0.3 is 0 Å². The fraction of sp³-hybridized carbons (Fsp3) is 0.231. The summed E-state index contributed by atoms with van der Waals surface area (Å²) in [5, 5.41) is 20.4. The number of amides is 1. The average Bonchev–Trinajstić information content (AvgIpc) is 2.45. The van der Waals surface area contributed by atoms with Crippen LogP contribution in [0.2, 0.25) is 0 Å². The first-order chi connectivity index (χ1) is 9.24. The molecule has 6 heteroatoms. The monoisotopic (exact) mass is 292 g/mol. The SMILES string of the molecule is N#CC1=C(SCc2ccccc2)SC(CO)NC1=O. The van der Waals surface area contributed by atoms with Gasteiger partial charge in [0.25, 0.3) is 5.91 Å². The molecule has 0 fully saturated rings. The van der Waals surface area contributed by atoms with Crippen LogP contribution in [-0.4, -0.2) is 23.0 Å². The van der Waals surface area contributed by atoms with E-state index >= 15 is 0 Å². The number of carbonyl (C=O) groups is 1. The molecule has 1 aliphatic rings. The molecule has 2 N–H and O–H groups in total. The van der Waals surface area contributed by atoms with E-state index < -0.39 is 5.91 Å². The van der Waals surface area contributed by atoms with Gasteiger partial charge in [0.05, 0.1) is 10.8 Å². The Balaban J connectivity index is 2.12. The molecule has 0 aromatic heterocycles. The third kappa shape index (κ3) is 3.53. The number of hydrogen-bond donors (Lipinski definition) is 2. The standard InChI is InChI=1S/C13H12N2O2S2/c14-6-10-12(17)15-11(7-16)19-13(10)18-8-9-4-2-1-3-5-9/h1-5,11,16H,7-8H2,(H,15,17). The van der Waals surface area contributed by atoms with Crippen LogP contribution >= 0.6 is 23.5 Å². The second kappa shape index (κ2) is 6.66. The van der Waals surface area contributed by atoms with E-state index in [2.05, 4.69) is 5.32 Å². The fourth-order valence-corrected chi connectivity index (χ4v) is 3.86. The van der Waals surface area contributed by atoms with Crippen molar-refractivity contribution in [1.82, 2.24) is 5.32 Å². The van der Waals surface area contributed by atoms with Crippen LogP contribution < -0.4 is 5.32 Å². The number of carbonyl (C=O) groups excluding carboxylic acids is 1. The molecule has 1 aromatic rings. The van der Waals surface area contributed by atoms with Gasteiger partial charge in [0.2, 0.25) is 0 Å². The minimum absolute atomic E-state index is 0.135. The lowest BCUT2D eigenvalue weighted by molar-refractivity contribution is -0.117. The third-order valence-corrected chi connectivity index (χ3v) is 5.02. The zero-order chi connectivity index (χ0) is 13.7. The summed E-state index contributed by atoms with van der Waals surface area (Å²) in [5.41, 5.74) is 1.26. The van der Waals surface area contributed by atoms with Crippen molar-refractivity contribution in [1.29, 1.82) is 5.26 Å². The van der Waals surface area contributed by atoms with E-state index in [1.165, 1.54) is 23.5 Å². The molecule has 19 heavy (non-hydrogen) atoms. The highest BCUT2D eigenvalue weighted by Crippen LogP contribution is 2.38. The zero-order valence-electron chi connectivity index (χ0n) is 10.00. The van der Waals surface area contributed by atoms with Crippen LogP contribution in [-0.2, 0) is 10.5 Å². The Labute approximate surface area is 119 Å². The Bertz CT molecular complexity index is 537. The van der Waals surface area contributed by atoms with Crippen molar-refractivity contribution in [3.63, 3.8) is 0 Å². The molecule has 4 nitrogen and oxygen atoms in total. The Hall–Kier alpha value is -1.42. The van der Waals surface area contributed by atoms with E-state index in [1.54, 1.807) is 0 Å². The summed E-state index contributed by atoms with van der Waals surface area (Å²) in [6.45, 7) is -0.148. The third-order valence-electron chi connectivity index (χ3n) is 2.46. The largest absolute Gasteiger partial charge is 0.393 e. The first-order valence-electron chi connectivity index (χ1n) is 5.64. The molecule has 0 saturated carbocycles. The minimum atomic E-state index is -0.407. The molecule has 1 amide bonds. The molecule has 0 saturated heterocycles. The van der Waals surface area contributed by atoms with Crippen LogP contribution in [0.5, 0.6) is 0 Å². The number of nitriles is 1. The molecule has 1 heterocycles. The van der Waals surface area contributed by atoms with E-state index in [0.29, 0.717) is 9.99 Å². The summed E-state index contributed by atoms with van der Waals surface area (Å²) >= 11 is 2.78. The molecule has 1 aliphatic heterocycles. The van der Waals surface area contributed by atoms with Gasteiger partial charge in [-0.2, -0.15) is 5.26 Å². The summed E-state index contributed by atoms with van der Waals surface area (Å²) in [7, 11) is 0. The normalized spacial score (nSPS) is 18.9. The average molecular weight is 292 g/mol. The summed E-state index contributed by atoms with van der Waals surface area (Å²) in [6.07, 6.45) is 0. The van der Waals surface area contributed by atoms with E-state index in [-0.39, 0.29) is 17.6 Å². The zero-order valence-corrected chi connectivity index (χ0v) is 11.6. The van der Waals surface area contributed by atoms with Gasteiger partial charge in [0, 0.05) is 5.75 Å². The molecule has 1 unspecified atom stereocenters. The predicted octanol–water partition coefficient (Wildman–Crippen LogP) is 1.84. The van der Waals surface area contributed by atoms with Gasteiger partial charge in [-0.05, 0) is 5.56 Å². The Morgan fingerprint density at radius 2 is 2.16 bits per heavy atom. The maximum Gasteiger partial charge on any atom is 0.264 e. The fourth-order valence-electron chi connectivity index (χ4n) is 1.54. The van der Waals surface area contributed by atoms with E-state index in [1.807, 2.05) is 36.4 Å². The highest BCUT2D eigenvalue weighted by molar-refractivity contribution is 8.22. The van der Waals surface area contributed by atoms with Crippen LogP contribution in [0.15, 0.2) is 40.1 Å². The minimum Gasteiger partial charge on any atom is -0.393 e. The number of nitrogens with one attached hydrogen (secondary N) is 1. The first-order valence-corrected chi connectivity index (χ1v) is 7.50. The highest BCUT2D eigenvalue weighted by atomic mass is 32.2. The van der Waals surface area contributed by atoms with Crippen molar-refractivity contribution in [2.75, 3.05) is 6.61 Å². The molecule has 1 atom stereocenters. The van der Waals surface area contributed by atoms with Gasteiger partial charge in [-0.15, -0.1) is 11.8 Å². The van der Waals surface area contributed by atoms with Crippen molar-refractivity contribution >= 4 is 29.4 Å². The summed E-state index contributed by atoms with van der Waals surface area (Å²) in [5.74, 6) is 0.288. The second-order valence-electron chi connectivity index (χ2n) is 3.81. The van der Waals surface area contributed by atoms with E-state index in [0.717, 1.165) is 5.56 Å². The number of hydrogen-bond acceptors (Lipinski definition) is 5. The number of aliphatic hydroxyl groups excluding tert-OH is 1. The summed E-state index contributed by atoms with van der Waals surface area (Å²) in [6, 6.07) is 11.8. The van der Waals surface area contributed by atoms with Crippen molar-refractivity contribution in [2.45, 2.75) is 11.1 Å². The number of benzene rings is 1. The molecular formula is C13H12N2O2S2. The van der Waals surface area contributed by atoms with Gasteiger partial charge in [0.15, 0.2) is 0 Å². The maximum absolute atomic E-state index is 11.7. The molecule has 0 bridgehead atoms. The van der Waals surface area contributed by atoms with Crippen LogP contribution in [0, 0.1) is 11.3 Å². The van der Waals surface area contributed by atoms with Crippen LogP contribution in [0.1, 0.15) is 5.56 Å². The van der Waals surface area contributed by atoms with Crippen molar-refractivity contribution in [3.8, 4) is 6.07 Å².